The van der Waals surface area contributed by atoms with Crippen LogP contribution >= 0.6 is 0 Å². The predicted octanol–water partition coefficient (Wildman–Crippen LogP) is 2.11. The summed E-state index contributed by atoms with van der Waals surface area (Å²) in [6, 6.07) is 5.00. The van der Waals surface area contributed by atoms with E-state index in [-0.39, 0.29) is 11.7 Å². The summed E-state index contributed by atoms with van der Waals surface area (Å²) >= 11 is 0. The van der Waals surface area contributed by atoms with Crippen molar-refractivity contribution in [3.8, 4) is 5.75 Å². The molecule has 0 fully saturated rings. The molecule has 0 aliphatic heterocycles. The number of nitrogens with zero attached hydrogens (tertiary/aromatic N) is 2. The zero-order valence-corrected chi connectivity index (χ0v) is 12.3. The molecule has 0 spiro atoms. The van der Waals surface area contributed by atoms with Gasteiger partial charge in [-0.1, -0.05) is 0 Å². The van der Waals surface area contributed by atoms with E-state index in [9.17, 15) is 9.90 Å². The van der Waals surface area contributed by atoms with Gasteiger partial charge in [0.05, 0.1) is 0 Å². The number of phenols is 1. The van der Waals surface area contributed by atoms with Crippen LogP contribution in [0.4, 0.5) is 0 Å². The normalized spacial score (nSPS) is 10.8. The van der Waals surface area contributed by atoms with Crippen LogP contribution in [-0.4, -0.2) is 54.5 Å². The van der Waals surface area contributed by atoms with Crippen LogP contribution in [0, 0.1) is 6.92 Å². The minimum absolute atomic E-state index is 0.0318. The Bertz CT molecular complexity index is 430. The highest BCUT2D eigenvalue weighted by atomic mass is 16.3. The number of aryl methyl sites for hydroxylation is 1. The summed E-state index contributed by atoms with van der Waals surface area (Å²) in [7, 11) is 4.06. The lowest BCUT2D eigenvalue weighted by atomic mass is 10.1. The molecule has 1 rings (SSSR count). The van der Waals surface area contributed by atoms with Crippen LogP contribution in [0.25, 0.3) is 0 Å². The lowest BCUT2D eigenvalue weighted by Crippen LogP contribution is -2.33. The Hall–Kier alpha value is -1.55. The molecule has 1 aromatic carbocycles. The van der Waals surface area contributed by atoms with Crippen molar-refractivity contribution in [2.24, 2.45) is 0 Å². The van der Waals surface area contributed by atoms with Gasteiger partial charge in [0.2, 0.25) is 0 Å². The quantitative estimate of drug-likeness (QED) is 0.856. The van der Waals surface area contributed by atoms with Crippen LogP contribution in [0.15, 0.2) is 18.2 Å². The number of carbonyl (C=O) groups excluding carboxylic acids is 1. The molecular weight excluding hydrogens is 240 g/mol. The van der Waals surface area contributed by atoms with Crippen molar-refractivity contribution in [3.63, 3.8) is 0 Å². The van der Waals surface area contributed by atoms with Gasteiger partial charge in [-0.3, -0.25) is 4.79 Å². The van der Waals surface area contributed by atoms with E-state index in [2.05, 4.69) is 4.90 Å². The first kappa shape index (κ1) is 15.5. The smallest absolute Gasteiger partial charge is 0.253 e. The molecule has 0 aromatic heterocycles. The Kier molecular flexibility index (Phi) is 5.83. The average molecular weight is 264 g/mol. The molecule has 1 amide bonds. The highest BCUT2D eigenvalue weighted by Crippen LogP contribution is 2.18. The van der Waals surface area contributed by atoms with Gasteiger partial charge in [-0.05, 0) is 64.7 Å². The van der Waals surface area contributed by atoms with E-state index in [1.54, 1.807) is 25.1 Å². The summed E-state index contributed by atoms with van der Waals surface area (Å²) in [4.78, 5) is 16.3. The van der Waals surface area contributed by atoms with E-state index in [1.807, 2.05) is 25.9 Å². The number of amides is 1. The number of aromatic hydroxyl groups is 1. The minimum atomic E-state index is 0.0318. The molecule has 0 unspecified atom stereocenters. The first-order valence-corrected chi connectivity index (χ1v) is 6.69. The Morgan fingerprint density at radius 3 is 2.47 bits per heavy atom. The molecule has 0 heterocycles. The fraction of sp³-hybridized carbons (Fsp3) is 0.533. The third-order valence-electron chi connectivity index (χ3n) is 3.15. The molecule has 19 heavy (non-hydrogen) atoms. The second kappa shape index (κ2) is 7.14. The van der Waals surface area contributed by atoms with Crippen LogP contribution in [0.2, 0.25) is 0 Å². The zero-order valence-electron chi connectivity index (χ0n) is 12.3. The third kappa shape index (κ3) is 4.56. The second-order valence-electron chi connectivity index (χ2n) is 5.04. The maximum atomic E-state index is 12.3. The summed E-state index contributed by atoms with van der Waals surface area (Å²) in [5.74, 6) is 0.261. The Balaban J connectivity index is 2.69. The lowest BCUT2D eigenvalue weighted by Gasteiger charge is -2.22. The molecular formula is C15H24N2O2. The van der Waals surface area contributed by atoms with Gasteiger partial charge >= 0.3 is 0 Å². The SMILES string of the molecule is CCN(CCCN(C)C)C(=O)c1ccc(O)c(C)c1. The second-order valence-corrected chi connectivity index (χ2v) is 5.04. The van der Waals surface area contributed by atoms with Crippen LogP contribution in [0.3, 0.4) is 0 Å². The molecule has 4 heteroatoms. The van der Waals surface area contributed by atoms with Crippen molar-refractivity contribution in [3.05, 3.63) is 29.3 Å². The Morgan fingerprint density at radius 2 is 1.95 bits per heavy atom. The van der Waals surface area contributed by atoms with Crippen molar-refractivity contribution >= 4 is 5.91 Å². The van der Waals surface area contributed by atoms with Crippen molar-refractivity contribution in [1.29, 1.82) is 0 Å². The first-order chi connectivity index (χ1) is 8.95. The largest absolute Gasteiger partial charge is 0.508 e. The maximum absolute atomic E-state index is 12.3. The van der Waals surface area contributed by atoms with E-state index in [4.69, 9.17) is 0 Å². The topological polar surface area (TPSA) is 43.8 Å². The van der Waals surface area contributed by atoms with Gasteiger partial charge in [-0.25, -0.2) is 0 Å². The summed E-state index contributed by atoms with van der Waals surface area (Å²) in [6.45, 7) is 6.22. The van der Waals surface area contributed by atoms with Crippen LogP contribution < -0.4 is 0 Å². The zero-order chi connectivity index (χ0) is 14.4. The number of carbonyl (C=O) groups is 1. The molecule has 0 saturated heterocycles. The van der Waals surface area contributed by atoms with Crippen LogP contribution in [0.1, 0.15) is 29.3 Å². The molecule has 0 bridgehead atoms. The molecule has 0 saturated carbocycles. The highest BCUT2D eigenvalue weighted by Gasteiger charge is 2.14. The Morgan fingerprint density at radius 1 is 1.26 bits per heavy atom. The molecule has 0 aliphatic carbocycles. The molecule has 1 N–H and O–H groups in total. The summed E-state index contributed by atoms with van der Waals surface area (Å²) in [6.07, 6.45) is 0.962. The van der Waals surface area contributed by atoms with Crippen molar-refractivity contribution in [2.75, 3.05) is 33.7 Å². The molecule has 0 aliphatic rings. The van der Waals surface area contributed by atoms with E-state index in [1.165, 1.54) is 0 Å². The van der Waals surface area contributed by atoms with Gasteiger partial charge in [0.1, 0.15) is 5.75 Å². The van der Waals surface area contributed by atoms with E-state index < -0.39 is 0 Å². The van der Waals surface area contributed by atoms with Gasteiger partial charge in [0.25, 0.3) is 5.91 Å². The lowest BCUT2D eigenvalue weighted by molar-refractivity contribution is 0.0759. The Labute approximate surface area is 115 Å². The van der Waals surface area contributed by atoms with E-state index in [0.717, 1.165) is 25.1 Å². The summed E-state index contributed by atoms with van der Waals surface area (Å²) < 4.78 is 0. The first-order valence-electron chi connectivity index (χ1n) is 6.69. The van der Waals surface area contributed by atoms with Crippen molar-refractivity contribution in [1.82, 2.24) is 9.80 Å². The summed E-state index contributed by atoms with van der Waals surface area (Å²) in [5, 5.41) is 9.49. The predicted molar refractivity (Wildman–Crippen MR) is 77.6 cm³/mol. The number of benzene rings is 1. The molecule has 1 aromatic rings. The van der Waals surface area contributed by atoms with Gasteiger partial charge in [0.15, 0.2) is 0 Å². The highest BCUT2D eigenvalue weighted by molar-refractivity contribution is 5.94. The van der Waals surface area contributed by atoms with Gasteiger partial charge in [-0.15, -0.1) is 0 Å². The third-order valence-corrected chi connectivity index (χ3v) is 3.15. The fourth-order valence-corrected chi connectivity index (χ4v) is 1.95. The number of hydrogen-bond donors (Lipinski definition) is 1. The monoisotopic (exact) mass is 264 g/mol. The van der Waals surface area contributed by atoms with Crippen LogP contribution in [0.5, 0.6) is 5.75 Å². The van der Waals surface area contributed by atoms with Gasteiger partial charge in [-0.2, -0.15) is 0 Å². The minimum Gasteiger partial charge on any atom is -0.508 e. The summed E-state index contributed by atoms with van der Waals surface area (Å²) in [5.41, 5.74) is 1.37. The fourth-order valence-electron chi connectivity index (χ4n) is 1.95. The molecule has 4 nitrogen and oxygen atoms in total. The number of rotatable bonds is 6. The van der Waals surface area contributed by atoms with Gasteiger partial charge < -0.3 is 14.9 Å². The molecule has 106 valence electrons. The van der Waals surface area contributed by atoms with Gasteiger partial charge in [0, 0.05) is 18.7 Å². The van der Waals surface area contributed by atoms with Crippen LogP contribution in [-0.2, 0) is 0 Å². The molecule has 0 atom stereocenters. The van der Waals surface area contributed by atoms with Crippen molar-refractivity contribution in [2.45, 2.75) is 20.3 Å². The maximum Gasteiger partial charge on any atom is 0.253 e. The molecule has 0 radical (unpaired) electrons. The standard InChI is InChI=1S/C15H24N2O2/c1-5-17(10-6-9-16(3)4)15(19)13-7-8-14(18)12(2)11-13/h7-8,11,18H,5-6,9-10H2,1-4H3. The van der Waals surface area contributed by atoms with Crippen molar-refractivity contribution < 1.29 is 9.90 Å². The average Bonchev–Trinajstić information content (AvgIpc) is 2.37. The number of hydrogen-bond acceptors (Lipinski definition) is 3. The van der Waals surface area contributed by atoms with E-state index >= 15 is 0 Å². The van der Waals surface area contributed by atoms with E-state index in [0.29, 0.717) is 12.1 Å². The number of phenolic OH excluding ortho intramolecular Hbond substituents is 1.